The smallest absolute Gasteiger partial charge is 0.261 e. The van der Waals surface area contributed by atoms with Crippen LogP contribution in [0, 0.1) is 0 Å². The van der Waals surface area contributed by atoms with E-state index in [-0.39, 0.29) is 12.7 Å². The number of nitrogens with one attached hydrogen (secondary N) is 1. The monoisotopic (exact) mass is 375 g/mol. The number of hydrogen-bond acceptors (Lipinski definition) is 6. The van der Waals surface area contributed by atoms with Crippen LogP contribution >= 0.6 is 0 Å². The van der Waals surface area contributed by atoms with Crippen LogP contribution in [0.2, 0.25) is 0 Å². The number of aromatic nitrogens is 2. The van der Waals surface area contributed by atoms with Crippen molar-refractivity contribution in [2.45, 2.75) is 19.1 Å². The molecule has 1 N–H and O–H groups in total. The second kappa shape index (κ2) is 6.84. The SMILES string of the molecule is O=C(NCc1ccncc1)C1Cc2c(-c3ccc4c(c3)OCO4)ccnc2O1. The van der Waals surface area contributed by atoms with Crippen molar-refractivity contribution in [3.8, 4) is 28.5 Å². The van der Waals surface area contributed by atoms with Crippen molar-refractivity contribution in [1.82, 2.24) is 15.3 Å². The number of hydrogen-bond donors (Lipinski definition) is 1. The summed E-state index contributed by atoms with van der Waals surface area (Å²) in [5.74, 6) is 1.79. The maximum atomic E-state index is 12.6. The minimum Gasteiger partial charge on any atom is -0.464 e. The van der Waals surface area contributed by atoms with Crippen molar-refractivity contribution >= 4 is 5.91 Å². The third kappa shape index (κ3) is 3.00. The fourth-order valence-electron chi connectivity index (χ4n) is 3.42. The summed E-state index contributed by atoms with van der Waals surface area (Å²) in [6, 6.07) is 11.5. The Morgan fingerprint density at radius 3 is 2.82 bits per heavy atom. The van der Waals surface area contributed by atoms with Crippen LogP contribution in [0.4, 0.5) is 0 Å². The van der Waals surface area contributed by atoms with E-state index in [1.807, 2.05) is 36.4 Å². The zero-order valence-electron chi connectivity index (χ0n) is 14.9. The van der Waals surface area contributed by atoms with Crippen molar-refractivity contribution in [3.05, 3.63) is 66.1 Å². The fourth-order valence-corrected chi connectivity index (χ4v) is 3.42. The second-order valence-corrected chi connectivity index (χ2v) is 6.59. The minimum absolute atomic E-state index is 0.161. The zero-order valence-corrected chi connectivity index (χ0v) is 14.9. The number of benzene rings is 1. The average molecular weight is 375 g/mol. The van der Waals surface area contributed by atoms with Gasteiger partial charge in [0.15, 0.2) is 17.6 Å². The highest BCUT2D eigenvalue weighted by molar-refractivity contribution is 5.83. The molecule has 0 spiro atoms. The highest BCUT2D eigenvalue weighted by Gasteiger charge is 2.32. The van der Waals surface area contributed by atoms with Gasteiger partial charge in [0.25, 0.3) is 5.91 Å². The molecule has 4 heterocycles. The first kappa shape index (κ1) is 16.6. The van der Waals surface area contributed by atoms with E-state index in [4.69, 9.17) is 14.2 Å². The van der Waals surface area contributed by atoms with Crippen molar-refractivity contribution in [2.24, 2.45) is 0 Å². The number of carbonyl (C=O) groups is 1. The normalized spacial score (nSPS) is 16.4. The summed E-state index contributed by atoms with van der Waals surface area (Å²) < 4.78 is 16.7. The van der Waals surface area contributed by atoms with Crippen molar-refractivity contribution < 1.29 is 19.0 Å². The first-order valence-corrected chi connectivity index (χ1v) is 8.99. The first-order valence-electron chi connectivity index (χ1n) is 8.99. The van der Waals surface area contributed by atoms with Gasteiger partial charge in [-0.25, -0.2) is 4.98 Å². The molecule has 3 aromatic rings. The molecule has 1 unspecified atom stereocenters. The molecule has 0 fully saturated rings. The highest BCUT2D eigenvalue weighted by Crippen LogP contribution is 2.40. The Morgan fingerprint density at radius 2 is 1.93 bits per heavy atom. The number of nitrogens with zero attached hydrogens (tertiary/aromatic N) is 2. The van der Waals surface area contributed by atoms with Crippen LogP contribution in [0.5, 0.6) is 17.4 Å². The second-order valence-electron chi connectivity index (χ2n) is 6.59. The molecule has 2 aliphatic heterocycles. The predicted octanol–water partition coefficient (Wildman–Crippen LogP) is 2.49. The van der Waals surface area contributed by atoms with Gasteiger partial charge in [0.1, 0.15) is 0 Å². The van der Waals surface area contributed by atoms with Crippen LogP contribution in [0.3, 0.4) is 0 Å². The Morgan fingerprint density at radius 1 is 1.07 bits per heavy atom. The Balaban J connectivity index is 1.34. The maximum absolute atomic E-state index is 12.6. The van der Waals surface area contributed by atoms with Gasteiger partial charge in [-0.05, 0) is 47.0 Å². The molecule has 0 radical (unpaired) electrons. The van der Waals surface area contributed by atoms with E-state index < -0.39 is 6.10 Å². The van der Waals surface area contributed by atoms with Gasteiger partial charge in [0, 0.05) is 37.1 Å². The Bertz CT molecular complexity index is 1040. The molecular weight excluding hydrogens is 358 g/mol. The number of amides is 1. The fraction of sp³-hybridized carbons (Fsp3) is 0.190. The summed E-state index contributed by atoms with van der Waals surface area (Å²) in [6.45, 7) is 0.663. The third-order valence-electron chi connectivity index (χ3n) is 4.85. The van der Waals surface area contributed by atoms with Gasteiger partial charge < -0.3 is 19.5 Å². The Kier molecular flexibility index (Phi) is 4.05. The molecule has 1 amide bonds. The number of fused-ring (bicyclic) bond motifs is 2. The van der Waals surface area contributed by atoms with Crippen LogP contribution < -0.4 is 19.5 Å². The number of ether oxygens (including phenoxy) is 3. The Labute approximate surface area is 161 Å². The summed E-state index contributed by atoms with van der Waals surface area (Å²) in [5.41, 5.74) is 3.86. The molecule has 1 aromatic carbocycles. The maximum Gasteiger partial charge on any atom is 0.261 e. The highest BCUT2D eigenvalue weighted by atomic mass is 16.7. The molecule has 0 saturated heterocycles. The quantitative estimate of drug-likeness (QED) is 0.754. The van der Waals surface area contributed by atoms with Gasteiger partial charge in [-0.3, -0.25) is 9.78 Å². The average Bonchev–Trinajstić information content (AvgIpc) is 3.38. The summed E-state index contributed by atoms with van der Waals surface area (Å²) in [6.07, 6.45) is 4.96. The van der Waals surface area contributed by atoms with E-state index in [1.165, 1.54) is 0 Å². The van der Waals surface area contributed by atoms with Crippen LogP contribution in [0.25, 0.3) is 11.1 Å². The lowest BCUT2D eigenvalue weighted by Gasteiger charge is -2.10. The number of rotatable bonds is 4. The van der Waals surface area contributed by atoms with E-state index in [0.29, 0.717) is 24.6 Å². The molecule has 2 aromatic heterocycles. The predicted molar refractivity (Wildman–Crippen MR) is 100.0 cm³/mol. The number of carbonyl (C=O) groups excluding carboxylic acids is 1. The van der Waals surface area contributed by atoms with E-state index in [9.17, 15) is 4.79 Å². The molecule has 140 valence electrons. The van der Waals surface area contributed by atoms with Crippen LogP contribution in [-0.4, -0.2) is 28.8 Å². The summed E-state index contributed by atoms with van der Waals surface area (Å²) in [7, 11) is 0. The molecule has 0 aliphatic carbocycles. The summed E-state index contributed by atoms with van der Waals surface area (Å²) in [5, 5.41) is 2.91. The lowest BCUT2D eigenvalue weighted by Crippen LogP contribution is -2.37. The molecule has 7 nitrogen and oxygen atoms in total. The Hall–Kier alpha value is -3.61. The molecule has 28 heavy (non-hydrogen) atoms. The molecular formula is C21H17N3O4. The molecule has 0 bridgehead atoms. The van der Waals surface area contributed by atoms with Crippen LogP contribution in [0.1, 0.15) is 11.1 Å². The van der Waals surface area contributed by atoms with Gasteiger partial charge in [-0.1, -0.05) is 6.07 Å². The van der Waals surface area contributed by atoms with E-state index in [1.54, 1.807) is 18.6 Å². The minimum atomic E-state index is -0.598. The van der Waals surface area contributed by atoms with Crippen LogP contribution in [0.15, 0.2) is 55.0 Å². The topological polar surface area (TPSA) is 82.6 Å². The van der Waals surface area contributed by atoms with Gasteiger partial charge >= 0.3 is 0 Å². The molecule has 1 atom stereocenters. The summed E-state index contributed by atoms with van der Waals surface area (Å²) >= 11 is 0. The molecule has 0 saturated carbocycles. The first-order chi connectivity index (χ1) is 13.8. The van der Waals surface area contributed by atoms with Crippen molar-refractivity contribution in [2.75, 3.05) is 6.79 Å². The van der Waals surface area contributed by atoms with E-state index in [2.05, 4.69) is 15.3 Å². The zero-order chi connectivity index (χ0) is 18.9. The lowest BCUT2D eigenvalue weighted by molar-refractivity contribution is -0.127. The lowest BCUT2D eigenvalue weighted by atomic mass is 9.98. The van der Waals surface area contributed by atoms with Gasteiger partial charge in [-0.15, -0.1) is 0 Å². The molecule has 2 aliphatic rings. The molecule has 7 heteroatoms. The van der Waals surface area contributed by atoms with Gasteiger partial charge in [0.05, 0.1) is 0 Å². The third-order valence-corrected chi connectivity index (χ3v) is 4.85. The van der Waals surface area contributed by atoms with E-state index >= 15 is 0 Å². The standard InChI is InChI=1S/C21H17N3O4/c25-20(24-11-13-3-6-22-7-4-13)19-10-16-15(5-8-23-21(16)28-19)14-1-2-17-18(9-14)27-12-26-17/h1-9,19H,10-12H2,(H,24,25). The van der Waals surface area contributed by atoms with Gasteiger partial charge in [0.2, 0.25) is 12.7 Å². The number of pyridine rings is 2. The van der Waals surface area contributed by atoms with Gasteiger partial charge in [-0.2, -0.15) is 0 Å². The van der Waals surface area contributed by atoms with Crippen molar-refractivity contribution in [1.29, 1.82) is 0 Å². The van der Waals surface area contributed by atoms with Crippen molar-refractivity contribution in [3.63, 3.8) is 0 Å². The van der Waals surface area contributed by atoms with Crippen LogP contribution in [-0.2, 0) is 17.8 Å². The van der Waals surface area contributed by atoms with E-state index in [0.717, 1.165) is 28.0 Å². The largest absolute Gasteiger partial charge is 0.464 e. The summed E-state index contributed by atoms with van der Waals surface area (Å²) in [4.78, 5) is 20.8. The molecule has 5 rings (SSSR count).